The topological polar surface area (TPSA) is 40.5 Å². The van der Waals surface area contributed by atoms with E-state index in [-0.39, 0.29) is 17.8 Å². The van der Waals surface area contributed by atoms with Crippen molar-refractivity contribution in [1.82, 2.24) is 4.90 Å². The van der Waals surface area contributed by atoms with E-state index in [1.165, 1.54) is 0 Å². The van der Waals surface area contributed by atoms with Crippen molar-refractivity contribution in [2.24, 2.45) is 17.8 Å². The highest BCUT2D eigenvalue weighted by Gasteiger charge is 2.57. The summed E-state index contributed by atoms with van der Waals surface area (Å²) in [7, 11) is 1.84. The van der Waals surface area contributed by atoms with E-state index in [9.17, 15) is 9.90 Å². The Morgan fingerprint density at radius 3 is 2.13 bits per heavy atom. The maximum Gasteiger partial charge on any atom is 0.330 e. The molecular weight excluding hydrogens is 190 g/mol. The lowest BCUT2D eigenvalue weighted by Gasteiger charge is -2.40. The van der Waals surface area contributed by atoms with Crippen LogP contribution in [-0.4, -0.2) is 28.6 Å². The second kappa shape index (κ2) is 3.54. The molecule has 0 spiro atoms. The molecule has 15 heavy (non-hydrogen) atoms. The second-order valence-corrected chi connectivity index (χ2v) is 4.91. The summed E-state index contributed by atoms with van der Waals surface area (Å²) in [6, 6.07) is 0. The number of hydrogen-bond donors (Lipinski definition) is 1. The highest BCUT2D eigenvalue weighted by molar-refractivity contribution is 5.81. The molecule has 1 saturated heterocycles. The van der Waals surface area contributed by atoms with Crippen LogP contribution < -0.4 is 0 Å². The predicted molar refractivity (Wildman–Crippen MR) is 60.4 cm³/mol. The Morgan fingerprint density at radius 2 is 2.00 bits per heavy atom. The summed E-state index contributed by atoms with van der Waals surface area (Å²) in [6.07, 6.45) is 0. The maximum atomic E-state index is 11.6. The largest absolute Gasteiger partial charge is 0.479 e. The van der Waals surface area contributed by atoms with Crippen LogP contribution >= 0.6 is 0 Å². The first-order chi connectivity index (χ1) is 6.77. The maximum absolute atomic E-state index is 11.6. The van der Waals surface area contributed by atoms with Gasteiger partial charge in [0.15, 0.2) is 0 Å². The van der Waals surface area contributed by atoms with Gasteiger partial charge < -0.3 is 10.0 Å². The number of carbonyl (C=O) groups is 1. The molecule has 0 radical (unpaired) electrons. The van der Waals surface area contributed by atoms with E-state index in [1.54, 1.807) is 0 Å². The van der Waals surface area contributed by atoms with Gasteiger partial charge in [0.2, 0.25) is 0 Å². The number of likely N-dealkylation sites (N-methyl/N-ethyl adjacent to an activating group) is 1. The number of likely N-dealkylation sites (tertiary alicyclic amines) is 1. The summed E-state index contributed by atoms with van der Waals surface area (Å²) < 4.78 is 0. The van der Waals surface area contributed by atoms with Crippen LogP contribution in [0, 0.1) is 17.8 Å². The molecular formula is C12H21NO2. The van der Waals surface area contributed by atoms with Gasteiger partial charge in [-0.15, -0.1) is 0 Å². The normalized spacial score (nSPS) is 36.4. The molecule has 1 aliphatic heterocycles. The van der Waals surface area contributed by atoms with Crippen LogP contribution in [0.15, 0.2) is 12.3 Å². The van der Waals surface area contributed by atoms with Crippen molar-refractivity contribution in [3.8, 4) is 0 Å². The fourth-order valence-electron chi connectivity index (χ4n) is 3.02. The lowest BCUT2D eigenvalue weighted by Crippen LogP contribution is -2.56. The number of hydrogen-bond acceptors (Lipinski definition) is 2. The zero-order valence-corrected chi connectivity index (χ0v) is 10.2. The number of rotatable bonds is 2. The van der Waals surface area contributed by atoms with Gasteiger partial charge in [0, 0.05) is 18.7 Å². The molecule has 1 rings (SSSR count). The fourth-order valence-corrected chi connectivity index (χ4v) is 3.02. The summed E-state index contributed by atoms with van der Waals surface area (Å²) >= 11 is 0. The zero-order valence-electron chi connectivity index (χ0n) is 10.2. The molecule has 0 aromatic rings. The highest BCUT2D eigenvalue weighted by atomic mass is 16.4. The molecule has 0 aromatic carbocycles. The summed E-state index contributed by atoms with van der Waals surface area (Å²) in [4.78, 5) is 13.5. The van der Waals surface area contributed by atoms with Crippen molar-refractivity contribution >= 4 is 5.97 Å². The molecule has 1 fully saturated rings. The summed E-state index contributed by atoms with van der Waals surface area (Å²) in [5.74, 6) is -0.351. The van der Waals surface area contributed by atoms with E-state index in [1.807, 2.05) is 32.7 Å². The van der Waals surface area contributed by atoms with Crippen LogP contribution in [-0.2, 0) is 4.79 Å². The molecule has 0 aromatic heterocycles. The van der Waals surface area contributed by atoms with Crippen LogP contribution in [0.25, 0.3) is 0 Å². The van der Waals surface area contributed by atoms with Gasteiger partial charge in [0.05, 0.1) is 0 Å². The molecule has 0 bridgehead atoms. The number of carboxylic acids is 1. The average Bonchev–Trinajstić information content (AvgIpc) is 2.29. The molecule has 0 aliphatic carbocycles. The SMILES string of the molecule is C=C1C(C)C(C)C(C(=O)O)(C(C)C)N1C. The molecule has 0 saturated carbocycles. The van der Waals surface area contributed by atoms with Crippen LogP contribution in [0.5, 0.6) is 0 Å². The molecule has 1 heterocycles. The summed E-state index contributed by atoms with van der Waals surface area (Å²) in [5.41, 5.74) is 0.134. The van der Waals surface area contributed by atoms with E-state index >= 15 is 0 Å². The predicted octanol–water partition coefficient (Wildman–Crippen LogP) is 2.20. The molecule has 86 valence electrons. The summed E-state index contributed by atoms with van der Waals surface area (Å²) in [5, 5.41) is 9.53. The minimum Gasteiger partial charge on any atom is -0.479 e. The molecule has 1 aliphatic rings. The Morgan fingerprint density at radius 1 is 1.53 bits per heavy atom. The average molecular weight is 211 g/mol. The van der Waals surface area contributed by atoms with Crippen LogP contribution in [0.4, 0.5) is 0 Å². The van der Waals surface area contributed by atoms with E-state index in [0.717, 1.165) is 5.70 Å². The molecule has 3 nitrogen and oxygen atoms in total. The van der Waals surface area contributed by atoms with Gasteiger partial charge in [-0.3, -0.25) is 0 Å². The number of aliphatic carboxylic acids is 1. The van der Waals surface area contributed by atoms with Gasteiger partial charge in [0.1, 0.15) is 5.54 Å². The first kappa shape index (κ1) is 12.1. The van der Waals surface area contributed by atoms with E-state index in [4.69, 9.17) is 0 Å². The van der Waals surface area contributed by atoms with Crippen molar-refractivity contribution in [2.75, 3.05) is 7.05 Å². The van der Waals surface area contributed by atoms with Crippen molar-refractivity contribution in [2.45, 2.75) is 33.2 Å². The Kier molecular flexibility index (Phi) is 2.85. The third-order valence-electron chi connectivity index (χ3n) is 4.18. The van der Waals surface area contributed by atoms with Crippen molar-refractivity contribution < 1.29 is 9.90 Å². The quantitative estimate of drug-likeness (QED) is 0.761. The van der Waals surface area contributed by atoms with Crippen LogP contribution in [0.2, 0.25) is 0 Å². The number of carboxylic acid groups (broad SMARTS) is 1. The monoisotopic (exact) mass is 211 g/mol. The second-order valence-electron chi connectivity index (χ2n) is 4.91. The van der Waals surface area contributed by atoms with Crippen molar-refractivity contribution in [3.63, 3.8) is 0 Å². The molecule has 0 amide bonds. The van der Waals surface area contributed by atoms with Crippen molar-refractivity contribution in [1.29, 1.82) is 0 Å². The Balaban J connectivity index is 3.30. The first-order valence-electron chi connectivity index (χ1n) is 5.43. The van der Waals surface area contributed by atoms with Gasteiger partial charge in [0.25, 0.3) is 0 Å². The van der Waals surface area contributed by atoms with Gasteiger partial charge in [-0.25, -0.2) is 4.79 Å². The van der Waals surface area contributed by atoms with E-state index in [2.05, 4.69) is 13.5 Å². The lowest BCUT2D eigenvalue weighted by atomic mass is 9.74. The van der Waals surface area contributed by atoms with Crippen molar-refractivity contribution in [3.05, 3.63) is 12.3 Å². The molecule has 3 unspecified atom stereocenters. The third-order valence-corrected chi connectivity index (χ3v) is 4.18. The van der Waals surface area contributed by atoms with E-state index in [0.29, 0.717) is 0 Å². The van der Waals surface area contributed by atoms with Gasteiger partial charge in [-0.1, -0.05) is 34.3 Å². The Bertz CT molecular complexity index is 298. The number of allylic oxidation sites excluding steroid dienone is 1. The first-order valence-corrected chi connectivity index (χ1v) is 5.43. The zero-order chi connectivity index (χ0) is 12.0. The minimum atomic E-state index is -0.795. The number of nitrogens with zero attached hydrogens (tertiary/aromatic N) is 1. The van der Waals surface area contributed by atoms with Crippen LogP contribution in [0.1, 0.15) is 27.7 Å². The molecule has 1 N–H and O–H groups in total. The highest BCUT2D eigenvalue weighted by Crippen LogP contribution is 2.47. The smallest absolute Gasteiger partial charge is 0.330 e. The van der Waals surface area contributed by atoms with E-state index < -0.39 is 11.5 Å². The van der Waals surface area contributed by atoms with Gasteiger partial charge in [-0.05, 0) is 11.8 Å². The third kappa shape index (κ3) is 1.29. The molecule has 3 atom stereocenters. The standard InChI is InChI=1S/C12H21NO2/c1-7(2)12(11(14)15)9(4)8(3)10(5)13(12)6/h7-9H,5H2,1-4,6H3,(H,14,15). The lowest BCUT2D eigenvalue weighted by molar-refractivity contribution is -0.154. The Labute approximate surface area is 91.8 Å². The minimum absolute atomic E-state index is 0.0664. The van der Waals surface area contributed by atoms with Crippen LogP contribution in [0.3, 0.4) is 0 Å². The fraction of sp³-hybridized carbons (Fsp3) is 0.750. The van der Waals surface area contributed by atoms with Gasteiger partial charge in [-0.2, -0.15) is 0 Å². The molecule has 3 heteroatoms. The van der Waals surface area contributed by atoms with Gasteiger partial charge >= 0.3 is 5.97 Å². The summed E-state index contributed by atoms with van der Waals surface area (Å²) in [6.45, 7) is 12.0. The Hall–Kier alpha value is -0.990.